The maximum atomic E-state index is 13.3. The molecule has 0 radical (unpaired) electrons. The van der Waals surface area contributed by atoms with Crippen LogP contribution in [-0.2, 0) is 11.2 Å². The van der Waals surface area contributed by atoms with Crippen LogP contribution in [0.15, 0.2) is 30.3 Å². The third-order valence-electron chi connectivity index (χ3n) is 8.22. The van der Waals surface area contributed by atoms with Crippen LogP contribution in [0.4, 0.5) is 0 Å². The Morgan fingerprint density at radius 2 is 1.81 bits per heavy atom. The number of carbonyl (C=O) groups excluding carboxylic acids is 1. The second-order valence-corrected chi connectivity index (χ2v) is 10.6. The van der Waals surface area contributed by atoms with E-state index >= 15 is 0 Å². The number of amides is 1. The molecule has 1 aromatic rings. The fraction of sp³-hybridized carbons (Fsp3) is 0.704. The third kappa shape index (κ3) is 5.72. The Hall–Kier alpha value is -1.88. The average molecular weight is 439 g/mol. The van der Waals surface area contributed by atoms with Crippen molar-refractivity contribution in [2.75, 3.05) is 13.6 Å². The van der Waals surface area contributed by atoms with E-state index in [2.05, 4.69) is 41.0 Å². The van der Waals surface area contributed by atoms with Gasteiger partial charge in [-0.3, -0.25) is 15.1 Å². The number of likely N-dealkylation sites (N-methyl/N-ethyl adjacent to an activating group) is 1. The number of benzene rings is 1. The first-order chi connectivity index (χ1) is 15.6. The van der Waals surface area contributed by atoms with E-state index in [0.717, 1.165) is 44.6 Å². The number of nitrogens with one attached hydrogen (secondary N) is 3. The molecular weight excluding hydrogens is 396 g/mol. The molecule has 3 N–H and O–H groups in total. The number of nitrogens with zero attached hydrogens (tertiary/aromatic N) is 1. The molecule has 1 amide bonds. The number of hydrogen-bond donors (Lipinski definition) is 3. The predicted molar refractivity (Wildman–Crippen MR) is 131 cm³/mol. The van der Waals surface area contributed by atoms with Crippen molar-refractivity contribution in [1.82, 2.24) is 15.5 Å². The van der Waals surface area contributed by atoms with Crippen molar-refractivity contribution >= 4 is 11.9 Å². The lowest BCUT2D eigenvalue weighted by Crippen LogP contribution is -2.50. The fourth-order valence-corrected chi connectivity index (χ4v) is 6.34. The van der Waals surface area contributed by atoms with Crippen molar-refractivity contribution < 1.29 is 4.79 Å². The van der Waals surface area contributed by atoms with Gasteiger partial charge in [-0.1, -0.05) is 75.3 Å². The Morgan fingerprint density at radius 3 is 2.53 bits per heavy atom. The normalized spacial score (nSPS) is 29.3. The molecule has 0 spiro atoms. The van der Waals surface area contributed by atoms with Gasteiger partial charge in [0, 0.05) is 13.1 Å². The van der Waals surface area contributed by atoms with E-state index in [1.54, 1.807) is 11.9 Å². The first-order valence-electron chi connectivity index (χ1n) is 13.0. The van der Waals surface area contributed by atoms with Gasteiger partial charge in [0.25, 0.3) is 5.91 Å². The fourth-order valence-electron chi connectivity index (χ4n) is 6.34. The summed E-state index contributed by atoms with van der Waals surface area (Å²) in [6, 6.07) is 11.2. The topological polar surface area (TPSA) is 68.2 Å². The lowest BCUT2D eigenvalue weighted by molar-refractivity contribution is -0.131. The van der Waals surface area contributed by atoms with Crippen LogP contribution < -0.4 is 10.6 Å². The van der Waals surface area contributed by atoms with Gasteiger partial charge in [0.15, 0.2) is 5.96 Å². The van der Waals surface area contributed by atoms with Crippen molar-refractivity contribution in [3.8, 4) is 0 Å². The van der Waals surface area contributed by atoms with E-state index in [-0.39, 0.29) is 11.9 Å². The highest BCUT2D eigenvalue weighted by Gasteiger charge is 2.49. The molecule has 2 saturated carbocycles. The smallest absolute Gasteiger partial charge is 0.254 e. The van der Waals surface area contributed by atoms with E-state index in [1.165, 1.54) is 56.9 Å². The quantitative estimate of drug-likeness (QED) is 0.516. The summed E-state index contributed by atoms with van der Waals surface area (Å²) in [4.78, 5) is 14.8. The average Bonchev–Trinajstić information content (AvgIpc) is 3.03. The minimum Gasteiger partial charge on any atom is -0.342 e. The molecule has 3 atom stereocenters. The molecule has 5 heteroatoms. The number of rotatable bonds is 9. The van der Waals surface area contributed by atoms with Gasteiger partial charge in [0.1, 0.15) is 5.54 Å². The lowest BCUT2D eigenvalue weighted by atomic mass is 9.74. The standard InChI is InChI=1S/C27H42N4O/c1-31-25(32)27(30-26(31)28,17-15-21-9-4-2-5-10-21)20-23-13-8-14-24(19-23)29-18-16-22-11-6-3-7-12-22/h3,6-7,11-12,21,23-24,29H,2,4-5,8-10,13-20H2,1H3,(H2,28,30)/t23-,24+,27+/m0/s1. The first kappa shape index (κ1) is 23.3. The molecule has 1 heterocycles. The van der Waals surface area contributed by atoms with Gasteiger partial charge in [0.05, 0.1) is 0 Å². The van der Waals surface area contributed by atoms with E-state index in [0.29, 0.717) is 12.0 Å². The molecule has 4 rings (SSSR count). The van der Waals surface area contributed by atoms with Gasteiger partial charge in [-0.2, -0.15) is 0 Å². The summed E-state index contributed by atoms with van der Waals surface area (Å²) >= 11 is 0. The van der Waals surface area contributed by atoms with Crippen molar-refractivity contribution in [3.63, 3.8) is 0 Å². The Balaban J connectivity index is 1.33. The highest BCUT2D eigenvalue weighted by molar-refractivity contribution is 6.07. The SMILES string of the molecule is CN1C(=N)N[C@](CCC2CCCCC2)(C[C@H]2CCC[C@@H](NCCc3ccccc3)C2)C1=O. The molecule has 3 aliphatic rings. The maximum absolute atomic E-state index is 13.3. The van der Waals surface area contributed by atoms with Crippen LogP contribution in [0, 0.1) is 17.2 Å². The Labute approximate surface area is 194 Å². The monoisotopic (exact) mass is 438 g/mol. The minimum atomic E-state index is -0.556. The van der Waals surface area contributed by atoms with Crippen LogP contribution in [0.25, 0.3) is 0 Å². The van der Waals surface area contributed by atoms with Gasteiger partial charge >= 0.3 is 0 Å². The molecule has 176 valence electrons. The highest BCUT2D eigenvalue weighted by Crippen LogP contribution is 2.38. The van der Waals surface area contributed by atoms with Crippen molar-refractivity contribution in [2.24, 2.45) is 11.8 Å². The molecule has 1 aromatic carbocycles. The van der Waals surface area contributed by atoms with Gasteiger partial charge < -0.3 is 10.6 Å². The van der Waals surface area contributed by atoms with Gasteiger partial charge in [-0.15, -0.1) is 0 Å². The highest BCUT2D eigenvalue weighted by atomic mass is 16.2. The lowest BCUT2D eigenvalue weighted by Gasteiger charge is -2.37. The first-order valence-corrected chi connectivity index (χ1v) is 13.0. The second-order valence-electron chi connectivity index (χ2n) is 10.6. The molecule has 0 bridgehead atoms. The van der Waals surface area contributed by atoms with E-state index in [1.807, 2.05) is 0 Å². The van der Waals surface area contributed by atoms with Crippen LogP contribution in [-0.4, -0.2) is 41.9 Å². The zero-order valence-electron chi connectivity index (χ0n) is 19.9. The van der Waals surface area contributed by atoms with Gasteiger partial charge in [0.2, 0.25) is 0 Å². The van der Waals surface area contributed by atoms with Crippen molar-refractivity contribution in [3.05, 3.63) is 35.9 Å². The Kier molecular flexibility index (Phi) is 7.88. The van der Waals surface area contributed by atoms with Crippen LogP contribution >= 0.6 is 0 Å². The van der Waals surface area contributed by atoms with Crippen LogP contribution in [0.2, 0.25) is 0 Å². The Bertz CT molecular complexity index is 760. The zero-order chi connectivity index (χ0) is 22.4. The summed E-state index contributed by atoms with van der Waals surface area (Å²) in [5, 5.41) is 15.4. The molecule has 1 saturated heterocycles. The summed E-state index contributed by atoms with van der Waals surface area (Å²) in [5.74, 6) is 1.71. The van der Waals surface area contributed by atoms with Crippen molar-refractivity contribution in [2.45, 2.75) is 95.1 Å². The summed E-state index contributed by atoms with van der Waals surface area (Å²) in [7, 11) is 1.76. The molecule has 0 aromatic heterocycles. The summed E-state index contributed by atoms with van der Waals surface area (Å²) in [6.07, 6.45) is 15.4. The molecule has 32 heavy (non-hydrogen) atoms. The summed E-state index contributed by atoms with van der Waals surface area (Å²) < 4.78 is 0. The van der Waals surface area contributed by atoms with E-state index in [9.17, 15) is 4.79 Å². The third-order valence-corrected chi connectivity index (χ3v) is 8.22. The van der Waals surface area contributed by atoms with Crippen molar-refractivity contribution in [1.29, 1.82) is 5.41 Å². The molecular formula is C27H42N4O. The van der Waals surface area contributed by atoms with Crippen LogP contribution in [0.3, 0.4) is 0 Å². The Morgan fingerprint density at radius 1 is 1.06 bits per heavy atom. The van der Waals surface area contributed by atoms with E-state index in [4.69, 9.17) is 5.41 Å². The minimum absolute atomic E-state index is 0.123. The van der Waals surface area contributed by atoms with E-state index < -0.39 is 5.54 Å². The second kappa shape index (κ2) is 10.8. The molecule has 0 unspecified atom stereocenters. The predicted octanol–water partition coefficient (Wildman–Crippen LogP) is 4.86. The molecule has 2 aliphatic carbocycles. The van der Waals surface area contributed by atoms with Gasteiger partial charge in [-0.05, 0) is 62.5 Å². The summed E-state index contributed by atoms with van der Waals surface area (Å²) in [6.45, 7) is 1.01. The molecule has 1 aliphatic heterocycles. The largest absolute Gasteiger partial charge is 0.342 e. The maximum Gasteiger partial charge on any atom is 0.254 e. The van der Waals surface area contributed by atoms with Crippen LogP contribution in [0.5, 0.6) is 0 Å². The number of hydrogen-bond acceptors (Lipinski definition) is 3. The zero-order valence-corrected chi connectivity index (χ0v) is 19.9. The number of carbonyl (C=O) groups is 1. The summed E-state index contributed by atoms with van der Waals surface area (Å²) in [5.41, 5.74) is 0.830. The molecule has 5 nitrogen and oxygen atoms in total. The molecule has 3 fully saturated rings. The number of guanidine groups is 1. The van der Waals surface area contributed by atoms with Gasteiger partial charge in [-0.25, -0.2) is 0 Å². The van der Waals surface area contributed by atoms with Crippen LogP contribution in [0.1, 0.15) is 82.6 Å².